The molecule has 2 aromatic rings. The lowest BCUT2D eigenvalue weighted by Gasteiger charge is -2.20. The van der Waals surface area contributed by atoms with Crippen molar-refractivity contribution in [1.29, 1.82) is 0 Å². The molecule has 1 heterocycles. The molecule has 1 aromatic carbocycles. The zero-order valence-corrected chi connectivity index (χ0v) is 11.3. The van der Waals surface area contributed by atoms with Crippen LogP contribution in [0.1, 0.15) is 44.4 Å². The van der Waals surface area contributed by atoms with Gasteiger partial charge >= 0.3 is 0 Å². The Morgan fingerprint density at radius 1 is 1.16 bits per heavy atom. The summed E-state index contributed by atoms with van der Waals surface area (Å²) in [5, 5.41) is 0. The maximum Gasteiger partial charge on any atom is 0.197 e. The van der Waals surface area contributed by atoms with Gasteiger partial charge in [-0.2, -0.15) is 0 Å². The zero-order chi connectivity index (χ0) is 13.1. The average molecular weight is 258 g/mol. The Hall–Kier alpha value is -1.35. The number of para-hydroxylation sites is 2. The maximum atomic E-state index is 6.37. The minimum atomic E-state index is 0.186. The van der Waals surface area contributed by atoms with Crippen LogP contribution in [0.15, 0.2) is 28.7 Å². The van der Waals surface area contributed by atoms with E-state index in [4.69, 9.17) is 10.2 Å². The lowest BCUT2D eigenvalue weighted by Crippen LogP contribution is -2.32. The Kier molecular flexibility index (Phi) is 3.83. The van der Waals surface area contributed by atoms with Crippen molar-refractivity contribution < 1.29 is 4.42 Å². The minimum absolute atomic E-state index is 0.186. The first-order valence-corrected chi connectivity index (χ1v) is 7.43. The normalized spacial score (nSPS) is 19.4. The van der Waals surface area contributed by atoms with Crippen LogP contribution in [0.5, 0.6) is 0 Å². The Morgan fingerprint density at radius 2 is 1.89 bits per heavy atom. The van der Waals surface area contributed by atoms with Crippen molar-refractivity contribution in [1.82, 2.24) is 4.98 Å². The van der Waals surface area contributed by atoms with Crippen molar-refractivity contribution in [2.75, 3.05) is 0 Å². The first kappa shape index (κ1) is 12.7. The third-order valence-electron chi connectivity index (χ3n) is 4.25. The first-order chi connectivity index (χ1) is 9.33. The molecule has 1 saturated carbocycles. The fourth-order valence-corrected chi connectivity index (χ4v) is 3.11. The summed E-state index contributed by atoms with van der Waals surface area (Å²) < 4.78 is 5.77. The van der Waals surface area contributed by atoms with Crippen LogP contribution in [0.25, 0.3) is 11.1 Å². The summed E-state index contributed by atoms with van der Waals surface area (Å²) in [5.41, 5.74) is 8.17. The number of fused-ring (bicyclic) bond motifs is 1. The molecule has 3 heteroatoms. The van der Waals surface area contributed by atoms with Crippen LogP contribution in [0.4, 0.5) is 0 Å². The number of rotatable bonds is 3. The van der Waals surface area contributed by atoms with Crippen LogP contribution in [-0.4, -0.2) is 11.0 Å². The van der Waals surface area contributed by atoms with Crippen molar-refractivity contribution >= 4 is 11.1 Å². The molecule has 1 atom stereocenters. The zero-order valence-electron chi connectivity index (χ0n) is 11.3. The molecule has 0 radical (unpaired) electrons. The molecule has 0 aliphatic heterocycles. The molecule has 102 valence electrons. The molecule has 2 N–H and O–H groups in total. The third kappa shape index (κ3) is 2.98. The number of hydrogen-bond acceptors (Lipinski definition) is 3. The number of nitrogens with two attached hydrogens (primary N) is 1. The van der Waals surface area contributed by atoms with Crippen LogP contribution in [-0.2, 0) is 6.42 Å². The van der Waals surface area contributed by atoms with Gasteiger partial charge in [0.25, 0.3) is 0 Å². The highest BCUT2D eigenvalue weighted by Crippen LogP contribution is 2.26. The van der Waals surface area contributed by atoms with Gasteiger partial charge in [-0.3, -0.25) is 0 Å². The molecule has 3 nitrogen and oxygen atoms in total. The van der Waals surface area contributed by atoms with E-state index in [-0.39, 0.29) is 6.04 Å². The summed E-state index contributed by atoms with van der Waals surface area (Å²) in [7, 11) is 0. The van der Waals surface area contributed by atoms with Gasteiger partial charge in [0.1, 0.15) is 5.52 Å². The summed E-state index contributed by atoms with van der Waals surface area (Å²) in [6, 6.07) is 8.09. The number of oxazole rings is 1. The van der Waals surface area contributed by atoms with Gasteiger partial charge in [-0.1, -0.05) is 37.8 Å². The van der Waals surface area contributed by atoms with E-state index < -0.39 is 0 Å². The molecule has 1 aromatic heterocycles. The van der Waals surface area contributed by atoms with Crippen LogP contribution in [0.2, 0.25) is 0 Å². The largest absolute Gasteiger partial charge is 0.441 e. The van der Waals surface area contributed by atoms with Crippen LogP contribution < -0.4 is 5.73 Å². The molecule has 3 rings (SSSR count). The van der Waals surface area contributed by atoms with E-state index in [9.17, 15) is 0 Å². The Balaban J connectivity index is 1.69. The molecule has 1 aliphatic rings. The smallest absolute Gasteiger partial charge is 0.197 e. The van der Waals surface area contributed by atoms with Crippen molar-refractivity contribution in [2.24, 2.45) is 11.7 Å². The predicted molar refractivity (Wildman–Crippen MR) is 76.9 cm³/mol. The molecule has 0 bridgehead atoms. The van der Waals surface area contributed by atoms with Gasteiger partial charge in [0.05, 0.1) is 0 Å². The van der Waals surface area contributed by atoms with Crippen LogP contribution in [0.3, 0.4) is 0 Å². The van der Waals surface area contributed by atoms with E-state index >= 15 is 0 Å². The van der Waals surface area contributed by atoms with Gasteiger partial charge in [0.15, 0.2) is 11.5 Å². The fourth-order valence-electron chi connectivity index (χ4n) is 3.11. The molecular formula is C16H22N2O. The molecule has 0 saturated heterocycles. The van der Waals surface area contributed by atoms with E-state index in [1.807, 2.05) is 24.3 Å². The van der Waals surface area contributed by atoms with Gasteiger partial charge in [-0.05, 0) is 30.9 Å². The van der Waals surface area contributed by atoms with Crippen molar-refractivity contribution in [2.45, 2.75) is 51.0 Å². The van der Waals surface area contributed by atoms with E-state index in [0.29, 0.717) is 5.92 Å². The summed E-state index contributed by atoms with van der Waals surface area (Å²) in [6.45, 7) is 0. The quantitative estimate of drug-likeness (QED) is 0.855. The maximum absolute atomic E-state index is 6.37. The number of hydrogen-bond donors (Lipinski definition) is 1. The van der Waals surface area contributed by atoms with Crippen LogP contribution in [0, 0.1) is 5.92 Å². The Bertz CT molecular complexity index is 493. The molecular weight excluding hydrogens is 236 g/mol. The fraction of sp³-hybridized carbons (Fsp3) is 0.562. The lowest BCUT2D eigenvalue weighted by molar-refractivity contribution is 0.352. The van der Waals surface area contributed by atoms with Gasteiger partial charge in [0, 0.05) is 12.5 Å². The summed E-state index contributed by atoms with van der Waals surface area (Å²) in [6.07, 6.45) is 8.68. The van der Waals surface area contributed by atoms with Gasteiger partial charge in [-0.15, -0.1) is 0 Å². The highest BCUT2D eigenvalue weighted by molar-refractivity contribution is 5.72. The molecule has 1 unspecified atom stereocenters. The van der Waals surface area contributed by atoms with Crippen molar-refractivity contribution in [3.63, 3.8) is 0 Å². The SMILES string of the molecule is NC(Cc1nc2ccccc2o1)C1CCCCCC1. The predicted octanol–water partition coefficient (Wildman–Crippen LogP) is 3.67. The van der Waals surface area contributed by atoms with E-state index in [2.05, 4.69) is 4.98 Å². The number of benzene rings is 1. The average Bonchev–Trinajstić information content (AvgIpc) is 2.63. The van der Waals surface area contributed by atoms with Crippen molar-refractivity contribution in [3.8, 4) is 0 Å². The number of nitrogens with zero attached hydrogens (tertiary/aromatic N) is 1. The second-order valence-electron chi connectivity index (χ2n) is 5.69. The van der Waals surface area contributed by atoms with E-state index in [0.717, 1.165) is 23.4 Å². The monoisotopic (exact) mass is 258 g/mol. The van der Waals surface area contributed by atoms with E-state index in [1.54, 1.807) is 0 Å². The molecule has 0 amide bonds. The molecule has 1 aliphatic carbocycles. The first-order valence-electron chi connectivity index (χ1n) is 7.43. The molecule has 19 heavy (non-hydrogen) atoms. The minimum Gasteiger partial charge on any atom is -0.441 e. The molecule has 1 fully saturated rings. The highest BCUT2D eigenvalue weighted by Gasteiger charge is 2.21. The van der Waals surface area contributed by atoms with Gasteiger partial charge < -0.3 is 10.2 Å². The number of aromatic nitrogens is 1. The Labute approximate surface area is 114 Å². The summed E-state index contributed by atoms with van der Waals surface area (Å²) >= 11 is 0. The van der Waals surface area contributed by atoms with E-state index in [1.165, 1.54) is 38.5 Å². The van der Waals surface area contributed by atoms with Gasteiger partial charge in [-0.25, -0.2) is 4.98 Å². The third-order valence-corrected chi connectivity index (χ3v) is 4.25. The summed E-state index contributed by atoms with van der Waals surface area (Å²) in [5.74, 6) is 1.43. The lowest BCUT2D eigenvalue weighted by atomic mass is 9.90. The van der Waals surface area contributed by atoms with Crippen molar-refractivity contribution in [3.05, 3.63) is 30.2 Å². The standard InChI is InChI=1S/C16H22N2O/c17-13(12-7-3-1-2-4-8-12)11-16-18-14-9-5-6-10-15(14)19-16/h5-6,9-10,12-13H,1-4,7-8,11,17H2. The topological polar surface area (TPSA) is 52.0 Å². The van der Waals surface area contributed by atoms with Crippen LogP contribution >= 0.6 is 0 Å². The van der Waals surface area contributed by atoms with Gasteiger partial charge in [0.2, 0.25) is 0 Å². The second kappa shape index (κ2) is 5.74. The molecule has 0 spiro atoms. The highest BCUT2D eigenvalue weighted by atomic mass is 16.3. The second-order valence-corrected chi connectivity index (χ2v) is 5.69. The summed E-state index contributed by atoms with van der Waals surface area (Å²) in [4.78, 5) is 4.52. The Morgan fingerprint density at radius 3 is 2.63 bits per heavy atom.